The standard InChI is InChI=1S/C18H33N5O6/c1-5-10(4)15(23-14(25)8-19)17(27)21-11(7-13(20)24)16(26)22-12(18(28)29)6-9(2)3/h9-12,15H,5-8,19H2,1-4H3,(H2,20,24)(H,21,27)(H,22,26)(H,23,25)(H,28,29). The molecule has 166 valence electrons. The van der Waals surface area contributed by atoms with E-state index in [1.807, 2.05) is 6.92 Å². The maximum atomic E-state index is 12.7. The van der Waals surface area contributed by atoms with Gasteiger partial charge >= 0.3 is 5.97 Å². The van der Waals surface area contributed by atoms with Crippen molar-refractivity contribution >= 4 is 29.6 Å². The number of hydrogen-bond acceptors (Lipinski definition) is 6. The van der Waals surface area contributed by atoms with Crippen LogP contribution in [0.2, 0.25) is 0 Å². The van der Waals surface area contributed by atoms with E-state index in [0.717, 1.165) is 0 Å². The number of carbonyl (C=O) groups is 5. The third kappa shape index (κ3) is 9.88. The number of rotatable bonds is 13. The number of nitrogens with one attached hydrogen (secondary N) is 3. The van der Waals surface area contributed by atoms with Gasteiger partial charge in [0.1, 0.15) is 18.1 Å². The second-order valence-electron chi connectivity index (χ2n) is 7.40. The van der Waals surface area contributed by atoms with Crippen LogP contribution in [0.15, 0.2) is 0 Å². The van der Waals surface area contributed by atoms with Crippen LogP contribution in [0.25, 0.3) is 0 Å². The average Bonchev–Trinajstić information content (AvgIpc) is 2.62. The molecule has 11 heteroatoms. The van der Waals surface area contributed by atoms with Crippen LogP contribution < -0.4 is 27.4 Å². The second-order valence-corrected chi connectivity index (χ2v) is 7.40. The van der Waals surface area contributed by atoms with Crippen molar-refractivity contribution in [3.63, 3.8) is 0 Å². The highest BCUT2D eigenvalue weighted by Gasteiger charge is 2.32. The number of primary amides is 1. The first kappa shape index (κ1) is 26.3. The Morgan fingerprint density at radius 3 is 1.90 bits per heavy atom. The Bertz CT molecular complexity index is 610. The lowest BCUT2D eigenvalue weighted by molar-refractivity contribution is -0.143. The lowest BCUT2D eigenvalue weighted by atomic mass is 9.97. The predicted octanol–water partition coefficient (Wildman–Crippen LogP) is -1.55. The van der Waals surface area contributed by atoms with Crippen LogP contribution in [0.5, 0.6) is 0 Å². The summed E-state index contributed by atoms with van der Waals surface area (Å²) in [4.78, 5) is 59.6. The first-order valence-electron chi connectivity index (χ1n) is 9.54. The number of hydrogen-bond donors (Lipinski definition) is 6. The summed E-state index contributed by atoms with van der Waals surface area (Å²) in [6.07, 6.45) is 0.190. The van der Waals surface area contributed by atoms with Crippen LogP contribution in [0.3, 0.4) is 0 Å². The molecule has 4 atom stereocenters. The highest BCUT2D eigenvalue weighted by atomic mass is 16.4. The van der Waals surface area contributed by atoms with E-state index in [1.54, 1.807) is 20.8 Å². The Hall–Kier alpha value is -2.69. The number of aliphatic carboxylic acids is 1. The van der Waals surface area contributed by atoms with E-state index in [0.29, 0.717) is 6.42 Å². The summed E-state index contributed by atoms with van der Waals surface area (Å²) in [6.45, 7) is 6.81. The molecule has 4 amide bonds. The van der Waals surface area contributed by atoms with Crippen LogP contribution in [0.4, 0.5) is 0 Å². The van der Waals surface area contributed by atoms with Crippen LogP contribution >= 0.6 is 0 Å². The zero-order valence-corrected chi connectivity index (χ0v) is 17.4. The van der Waals surface area contributed by atoms with Crippen molar-refractivity contribution in [1.82, 2.24) is 16.0 Å². The molecule has 0 saturated heterocycles. The molecule has 8 N–H and O–H groups in total. The number of carbonyl (C=O) groups excluding carboxylic acids is 4. The molecule has 0 aromatic heterocycles. The fraction of sp³-hybridized carbons (Fsp3) is 0.722. The van der Waals surface area contributed by atoms with E-state index >= 15 is 0 Å². The summed E-state index contributed by atoms with van der Waals surface area (Å²) in [5.41, 5.74) is 10.4. The molecule has 0 rings (SSSR count). The lowest BCUT2D eigenvalue weighted by Gasteiger charge is -2.26. The molecular formula is C18H33N5O6. The highest BCUT2D eigenvalue weighted by Crippen LogP contribution is 2.10. The Labute approximate surface area is 170 Å². The third-order valence-electron chi connectivity index (χ3n) is 4.36. The fourth-order valence-electron chi connectivity index (χ4n) is 2.57. The Balaban J connectivity index is 5.44. The van der Waals surface area contributed by atoms with Gasteiger partial charge < -0.3 is 32.5 Å². The summed E-state index contributed by atoms with van der Waals surface area (Å²) >= 11 is 0. The van der Waals surface area contributed by atoms with Gasteiger partial charge in [-0.1, -0.05) is 34.1 Å². The molecule has 0 radical (unpaired) electrons. The van der Waals surface area contributed by atoms with E-state index in [1.165, 1.54) is 0 Å². The third-order valence-corrected chi connectivity index (χ3v) is 4.36. The average molecular weight is 415 g/mol. The number of amides is 4. The quantitative estimate of drug-likeness (QED) is 0.209. The molecule has 0 aromatic rings. The molecule has 29 heavy (non-hydrogen) atoms. The zero-order chi connectivity index (χ0) is 22.7. The summed E-state index contributed by atoms with van der Waals surface area (Å²) < 4.78 is 0. The number of carboxylic acids is 1. The Morgan fingerprint density at radius 2 is 1.48 bits per heavy atom. The maximum Gasteiger partial charge on any atom is 0.326 e. The van der Waals surface area contributed by atoms with Gasteiger partial charge in [-0.2, -0.15) is 0 Å². The van der Waals surface area contributed by atoms with Crippen molar-refractivity contribution < 1.29 is 29.1 Å². The molecule has 0 aliphatic carbocycles. The zero-order valence-electron chi connectivity index (χ0n) is 17.4. The van der Waals surface area contributed by atoms with Crippen molar-refractivity contribution in [3.05, 3.63) is 0 Å². The van der Waals surface area contributed by atoms with Crippen molar-refractivity contribution in [3.8, 4) is 0 Å². The van der Waals surface area contributed by atoms with Gasteiger partial charge in [-0.25, -0.2) is 4.79 Å². The topological polar surface area (TPSA) is 194 Å². The summed E-state index contributed by atoms with van der Waals surface area (Å²) in [7, 11) is 0. The van der Waals surface area contributed by atoms with Gasteiger partial charge in [0, 0.05) is 0 Å². The highest BCUT2D eigenvalue weighted by molar-refractivity contribution is 5.95. The molecule has 0 bridgehead atoms. The van der Waals surface area contributed by atoms with Gasteiger partial charge in [0.25, 0.3) is 0 Å². The summed E-state index contributed by atoms with van der Waals surface area (Å²) in [5.74, 6) is -4.48. The molecule has 0 aromatic carbocycles. The van der Waals surface area contributed by atoms with Crippen LogP contribution in [-0.2, 0) is 24.0 Å². The molecular weight excluding hydrogens is 382 g/mol. The Kier molecular flexibility index (Phi) is 11.5. The lowest BCUT2D eigenvalue weighted by Crippen LogP contribution is -2.58. The fourth-order valence-corrected chi connectivity index (χ4v) is 2.57. The summed E-state index contributed by atoms with van der Waals surface area (Å²) in [6, 6.07) is -3.54. The number of nitrogens with two attached hydrogens (primary N) is 2. The summed E-state index contributed by atoms with van der Waals surface area (Å²) in [5, 5.41) is 16.5. The van der Waals surface area contributed by atoms with E-state index in [4.69, 9.17) is 11.5 Å². The van der Waals surface area contributed by atoms with E-state index in [2.05, 4.69) is 16.0 Å². The largest absolute Gasteiger partial charge is 0.480 e. The van der Waals surface area contributed by atoms with Crippen molar-refractivity contribution in [2.75, 3.05) is 6.54 Å². The molecule has 0 aliphatic heterocycles. The molecule has 0 saturated carbocycles. The van der Waals surface area contributed by atoms with Gasteiger partial charge in [-0.3, -0.25) is 19.2 Å². The monoisotopic (exact) mass is 415 g/mol. The minimum Gasteiger partial charge on any atom is -0.480 e. The molecule has 0 fully saturated rings. The van der Waals surface area contributed by atoms with E-state index in [-0.39, 0.29) is 24.8 Å². The molecule has 0 heterocycles. The maximum absolute atomic E-state index is 12.7. The van der Waals surface area contributed by atoms with E-state index < -0.39 is 54.1 Å². The normalized spacial score (nSPS) is 15.0. The van der Waals surface area contributed by atoms with Gasteiger partial charge in [0.15, 0.2) is 0 Å². The molecule has 0 spiro atoms. The minimum absolute atomic E-state index is 0.0122. The SMILES string of the molecule is CCC(C)C(NC(=O)CN)C(=O)NC(CC(N)=O)C(=O)NC(CC(C)C)C(=O)O. The smallest absolute Gasteiger partial charge is 0.326 e. The van der Waals surface area contributed by atoms with Crippen LogP contribution in [-0.4, -0.2) is 59.4 Å². The minimum atomic E-state index is -1.38. The van der Waals surface area contributed by atoms with Gasteiger partial charge in [-0.15, -0.1) is 0 Å². The van der Waals surface area contributed by atoms with Gasteiger partial charge in [0.2, 0.25) is 23.6 Å². The van der Waals surface area contributed by atoms with Crippen LogP contribution in [0.1, 0.15) is 47.0 Å². The first-order valence-corrected chi connectivity index (χ1v) is 9.54. The Morgan fingerprint density at radius 1 is 0.931 bits per heavy atom. The second kappa shape index (κ2) is 12.7. The van der Waals surface area contributed by atoms with Crippen molar-refractivity contribution in [2.45, 2.75) is 65.1 Å². The van der Waals surface area contributed by atoms with Gasteiger partial charge in [-0.05, 0) is 18.3 Å². The first-order chi connectivity index (χ1) is 13.4. The van der Waals surface area contributed by atoms with Crippen LogP contribution in [0, 0.1) is 11.8 Å². The van der Waals surface area contributed by atoms with E-state index in [9.17, 15) is 29.1 Å². The van der Waals surface area contributed by atoms with Crippen molar-refractivity contribution in [2.24, 2.45) is 23.3 Å². The van der Waals surface area contributed by atoms with Crippen molar-refractivity contribution in [1.29, 1.82) is 0 Å². The predicted molar refractivity (Wildman–Crippen MR) is 105 cm³/mol. The molecule has 11 nitrogen and oxygen atoms in total. The molecule has 0 aliphatic rings. The molecule has 4 unspecified atom stereocenters. The van der Waals surface area contributed by atoms with Gasteiger partial charge in [0.05, 0.1) is 13.0 Å². The number of carboxylic acid groups (broad SMARTS) is 1.